The summed E-state index contributed by atoms with van der Waals surface area (Å²) in [4.78, 5) is 0. The van der Waals surface area contributed by atoms with Gasteiger partial charge in [0.1, 0.15) is 5.75 Å². The van der Waals surface area contributed by atoms with Crippen molar-refractivity contribution in [2.75, 3.05) is 12.4 Å². The van der Waals surface area contributed by atoms with E-state index in [-0.39, 0.29) is 0 Å². The zero-order chi connectivity index (χ0) is 19.1. The van der Waals surface area contributed by atoms with Crippen molar-refractivity contribution in [1.29, 1.82) is 0 Å². The Kier molecular flexibility index (Phi) is 6.18. The molecule has 2 N–H and O–H groups in total. The molecule has 3 aromatic carbocycles. The predicted octanol–water partition coefficient (Wildman–Crippen LogP) is 5.07. The van der Waals surface area contributed by atoms with E-state index >= 15 is 0 Å². The van der Waals surface area contributed by atoms with Crippen molar-refractivity contribution < 1.29 is 4.74 Å². The fourth-order valence-corrected chi connectivity index (χ4v) is 2.79. The average molecular weight is 375 g/mol. The topological polar surface area (TPSA) is 45.6 Å². The minimum absolute atomic E-state index is 0.403. The van der Waals surface area contributed by atoms with Crippen molar-refractivity contribution in [1.82, 2.24) is 5.43 Å². The first-order valence-electron chi connectivity index (χ1n) is 8.57. The summed E-state index contributed by atoms with van der Waals surface area (Å²) in [6.45, 7) is 1.94. The van der Waals surface area contributed by atoms with Crippen molar-refractivity contribution in [3.05, 3.63) is 84.4 Å². The normalized spacial score (nSPS) is 11.0. The van der Waals surface area contributed by atoms with Gasteiger partial charge in [-0.15, -0.1) is 0 Å². The Bertz CT molecular complexity index is 937. The minimum atomic E-state index is 0.403. The molecule has 0 amide bonds. The van der Waals surface area contributed by atoms with Crippen LogP contribution in [0.25, 0.3) is 11.1 Å². The predicted molar refractivity (Wildman–Crippen MR) is 116 cm³/mol. The Morgan fingerprint density at radius 2 is 1.48 bits per heavy atom. The summed E-state index contributed by atoms with van der Waals surface area (Å²) in [6.07, 6.45) is 0. The first-order chi connectivity index (χ1) is 13.2. The summed E-state index contributed by atoms with van der Waals surface area (Å²) in [5.41, 5.74) is 7.91. The molecule has 0 saturated heterocycles. The standard InChI is InChI=1S/C22H21N3OS/c1-16(17-12-14-19(15-13-17)18-8-4-3-5-9-18)24-25-22(27)23-20-10-6-7-11-21(20)26-2/h3-15H,1-2H3,(H2,23,25,27)/b24-16+. The molecule has 0 aliphatic heterocycles. The van der Waals surface area contributed by atoms with E-state index in [1.165, 1.54) is 11.1 Å². The van der Waals surface area contributed by atoms with Gasteiger partial charge in [-0.05, 0) is 48.0 Å². The molecule has 0 heterocycles. The number of para-hydroxylation sites is 2. The van der Waals surface area contributed by atoms with Crippen molar-refractivity contribution in [2.45, 2.75) is 6.92 Å². The number of benzene rings is 3. The quantitative estimate of drug-likeness (QED) is 0.371. The number of hydrogen-bond donors (Lipinski definition) is 2. The van der Waals surface area contributed by atoms with Gasteiger partial charge in [0.2, 0.25) is 0 Å². The zero-order valence-corrected chi connectivity index (χ0v) is 16.1. The van der Waals surface area contributed by atoms with E-state index in [0.29, 0.717) is 5.11 Å². The molecule has 0 unspecified atom stereocenters. The highest BCUT2D eigenvalue weighted by molar-refractivity contribution is 7.80. The monoisotopic (exact) mass is 375 g/mol. The van der Waals surface area contributed by atoms with E-state index in [1.54, 1.807) is 7.11 Å². The van der Waals surface area contributed by atoms with Crippen LogP contribution in [0.3, 0.4) is 0 Å². The van der Waals surface area contributed by atoms with Crippen LogP contribution in [0, 0.1) is 0 Å². The van der Waals surface area contributed by atoms with Crippen LogP contribution < -0.4 is 15.5 Å². The molecule has 4 nitrogen and oxygen atoms in total. The van der Waals surface area contributed by atoms with Gasteiger partial charge in [0.05, 0.1) is 18.5 Å². The average Bonchev–Trinajstić information content (AvgIpc) is 2.73. The molecule has 0 aromatic heterocycles. The maximum atomic E-state index is 5.31. The number of hydrogen-bond acceptors (Lipinski definition) is 3. The van der Waals surface area contributed by atoms with E-state index in [2.05, 4.69) is 52.2 Å². The number of thiocarbonyl (C=S) groups is 1. The largest absolute Gasteiger partial charge is 0.495 e. The molecule has 0 spiro atoms. The lowest BCUT2D eigenvalue weighted by Crippen LogP contribution is -2.25. The van der Waals surface area contributed by atoms with Gasteiger partial charge >= 0.3 is 0 Å². The summed E-state index contributed by atoms with van der Waals surface area (Å²) in [7, 11) is 1.62. The molecule has 3 aromatic rings. The summed E-state index contributed by atoms with van der Waals surface area (Å²) in [5, 5.41) is 7.86. The molecule has 27 heavy (non-hydrogen) atoms. The van der Waals surface area contributed by atoms with Crippen molar-refractivity contribution in [3.8, 4) is 16.9 Å². The second-order valence-corrected chi connectivity index (χ2v) is 6.32. The molecule has 136 valence electrons. The summed E-state index contributed by atoms with van der Waals surface area (Å²) in [6, 6.07) is 26.2. The van der Waals surface area contributed by atoms with E-state index in [9.17, 15) is 0 Å². The van der Waals surface area contributed by atoms with Gasteiger partial charge in [-0.25, -0.2) is 0 Å². The summed E-state index contributed by atoms with van der Waals surface area (Å²) in [5.74, 6) is 0.721. The highest BCUT2D eigenvalue weighted by atomic mass is 32.1. The Morgan fingerprint density at radius 3 is 2.19 bits per heavy atom. The van der Waals surface area contributed by atoms with Gasteiger partial charge in [-0.3, -0.25) is 5.43 Å². The number of hydrazone groups is 1. The number of methoxy groups -OCH3 is 1. The number of ether oxygens (including phenoxy) is 1. The van der Waals surface area contributed by atoms with Gasteiger partial charge in [0, 0.05) is 0 Å². The molecule has 0 saturated carbocycles. The van der Waals surface area contributed by atoms with Gasteiger partial charge in [-0.1, -0.05) is 66.7 Å². The third-order valence-electron chi connectivity index (χ3n) is 4.09. The lowest BCUT2D eigenvalue weighted by atomic mass is 10.0. The Balaban J connectivity index is 1.64. The smallest absolute Gasteiger partial charge is 0.191 e. The highest BCUT2D eigenvalue weighted by Gasteiger charge is 2.04. The number of anilines is 1. The zero-order valence-electron chi connectivity index (χ0n) is 15.3. The molecule has 0 bridgehead atoms. The van der Waals surface area contributed by atoms with Crippen LogP contribution >= 0.6 is 12.2 Å². The lowest BCUT2D eigenvalue weighted by Gasteiger charge is -2.11. The van der Waals surface area contributed by atoms with Gasteiger partial charge in [0.15, 0.2) is 5.11 Å². The van der Waals surface area contributed by atoms with Crippen LogP contribution in [-0.2, 0) is 0 Å². The molecule has 0 radical (unpaired) electrons. The Hall–Kier alpha value is -3.18. The van der Waals surface area contributed by atoms with Crippen LogP contribution in [0.15, 0.2) is 84.0 Å². The first kappa shape index (κ1) is 18.6. The van der Waals surface area contributed by atoms with Gasteiger partial charge in [-0.2, -0.15) is 5.10 Å². The molecular weight excluding hydrogens is 354 g/mol. The van der Waals surface area contributed by atoms with E-state index in [0.717, 1.165) is 22.7 Å². The second-order valence-electron chi connectivity index (χ2n) is 5.91. The fourth-order valence-electron chi connectivity index (χ4n) is 2.63. The second kappa shape index (κ2) is 8.96. The molecule has 3 rings (SSSR count). The molecule has 0 fully saturated rings. The van der Waals surface area contributed by atoms with E-state index in [1.807, 2.05) is 49.4 Å². The Morgan fingerprint density at radius 1 is 0.852 bits per heavy atom. The molecule has 0 aliphatic rings. The van der Waals surface area contributed by atoms with Gasteiger partial charge < -0.3 is 10.1 Å². The van der Waals surface area contributed by atoms with E-state index in [4.69, 9.17) is 17.0 Å². The minimum Gasteiger partial charge on any atom is -0.495 e. The first-order valence-corrected chi connectivity index (χ1v) is 8.98. The van der Waals surface area contributed by atoms with E-state index < -0.39 is 0 Å². The SMILES string of the molecule is COc1ccccc1NC(=S)N/N=C(\C)c1ccc(-c2ccccc2)cc1. The van der Waals surface area contributed by atoms with Crippen molar-refractivity contribution in [3.63, 3.8) is 0 Å². The van der Waals surface area contributed by atoms with Gasteiger partial charge in [0.25, 0.3) is 0 Å². The molecular formula is C22H21N3OS. The third kappa shape index (κ3) is 4.92. The molecule has 5 heteroatoms. The van der Waals surface area contributed by atoms with Crippen LogP contribution in [0.1, 0.15) is 12.5 Å². The molecule has 0 aliphatic carbocycles. The van der Waals surface area contributed by atoms with Crippen LogP contribution in [-0.4, -0.2) is 17.9 Å². The number of nitrogens with one attached hydrogen (secondary N) is 2. The Labute approximate surface area is 164 Å². The maximum Gasteiger partial charge on any atom is 0.191 e. The fraction of sp³-hybridized carbons (Fsp3) is 0.0909. The van der Waals surface area contributed by atoms with Crippen LogP contribution in [0.2, 0.25) is 0 Å². The van der Waals surface area contributed by atoms with Crippen molar-refractivity contribution in [2.24, 2.45) is 5.10 Å². The maximum absolute atomic E-state index is 5.31. The van der Waals surface area contributed by atoms with Crippen LogP contribution in [0.4, 0.5) is 5.69 Å². The highest BCUT2D eigenvalue weighted by Crippen LogP contribution is 2.23. The van der Waals surface area contributed by atoms with Crippen LogP contribution in [0.5, 0.6) is 5.75 Å². The van der Waals surface area contributed by atoms with Crippen molar-refractivity contribution >= 4 is 28.7 Å². The molecule has 0 atom stereocenters. The third-order valence-corrected chi connectivity index (χ3v) is 4.28. The number of nitrogens with zero attached hydrogens (tertiary/aromatic N) is 1. The summed E-state index contributed by atoms with van der Waals surface area (Å²) >= 11 is 5.31. The lowest BCUT2D eigenvalue weighted by molar-refractivity contribution is 0.417. The summed E-state index contributed by atoms with van der Waals surface area (Å²) < 4.78 is 5.30. The number of rotatable bonds is 5.